The summed E-state index contributed by atoms with van der Waals surface area (Å²) in [5.74, 6) is 0.502. The van der Waals surface area contributed by atoms with Crippen molar-refractivity contribution in [3.8, 4) is 0 Å². The van der Waals surface area contributed by atoms with E-state index in [0.29, 0.717) is 12.5 Å². The van der Waals surface area contributed by atoms with Crippen LogP contribution in [0.15, 0.2) is 35.3 Å². The van der Waals surface area contributed by atoms with Gasteiger partial charge in [-0.15, -0.1) is 0 Å². The fraction of sp³-hybridized carbons (Fsp3) is 0.300. The first-order chi connectivity index (χ1) is 7.25. The SMILES string of the molecule is O=[N+]([O-])CC1COC(c2ccccc2)=N1. The van der Waals surface area contributed by atoms with Crippen molar-refractivity contribution in [3.05, 3.63) is 46.0 Å². The van der Waals surface area contributed by atoms with E-state index in [2.05, 4.69) is 4.99 Å². The molecule has 0 saturated carbocycles. The molecule has 0 radical (unpaired) electrons. The number of hydrogen-bond acceptors (Lipinski definition) is 4. The largest absolute Gasteiger partial charge is 0.475 e. The molecule has 5 nitrogen and oxygen atoms in total. The third kappa shape index (κ3) is 2.31. The van der Waals surface area contributed by atoms with E-state index >= 15 is 0 Å². The van der Waals surface area contributed by atoms with Gasteiger partial charge in [0.2, 0.25) is 12.4 Å². The lowest BCUT2D eigenvalue weighted by Crippen LogP contribution is -2.18. The van der Waals surface area contributed by atoms with Crippen molar-refractivity contribution < 1.29 is 9.66 Å². The Morgan fingerprint density at radius 3 is 2.87 bits per heavy atom. The highest BCUT2D eigenvalue weighted by Gasteiger charge is 2.23. The van der Waals surface area contributed by atoms with Crippen molar-refractivity contribution >= 4 is 5.90 Å². The predicted molar refractivity (Wildman–Crippen MR) is 54.6 cm³/mol. The van der Waals surface area contributed by atoms with Gasteiger partial charge in [0.1, 0.15) is 6.61 Å². The van der Waals surface area contributed by atoms with E-state index < -0.39 is 0 Å². The number of nitrogens with zero attached hydrogens (tertiary/aromatic N) is 2. The highest BCUT2D eigenvalue weighted by atomic mass is 16.6. The van der Waals surface area contributed by atoms with Gasteiger partial charge in [-0.3, -0.25) is 10.1 Å². The maximum absolute atomic E-state index is 10.3. The van der Waals surface area contributed by atoms with Crippen LogP contribution in [-0.4, -0.2) is 30.0 Å². The molecular formula is C10H10N2O3. The average molecular weight is 206 g/mol. The van der Waals surface area contributed by atoms with Gasteiger partial charge in [0.05, 0.1) is 0 Å². The molecule has 2 rings (SSSR count). The molecule has 1 aromatic carbocycles. The first-order valence-corrected chi connectivity index (χ1v) is 4.63. The molecule has 0 N–H and O–H groups in total. The Balaban J connectivity index is 2.10. The molecule has 0 aromatic heterocycles. The Morgan fingerprint density at radius 1 is 1.47 bits per heavy atom. The number of ether oxygens (including phenoxy) is 1. The van der Waals surface area contributed by atoms with Crippen molar-refractivity contribution in [2.24, 2.45) is 4.99 Å². The molecule has 1 atom stereocenters. The molecule has 0 amide bonds. The van der Waals surface area contributed by atoms with Crippen molar-refractivity contribution in [2.45, 2.75) is 6.04 Å². The lowest BCUT2D eigenvalue weighted by molar-refractivity contribution is -0.482. The zero-order valence-electron chi connectivity index (χ0n) is 8.00. The van der Waals surface area contributed by atoms with Crippen LogP contribution in [0.5, 0.6) is 0 Å². The van der Waals surface area contributed by atoms with Crippen molar-refractivity contribution in [1.82, 2.24) is 0 Å². The van der Waals surface area contributed by atoms with Crippen LogP contribution in [0.4, 0.5) is 0 Å². The van der Waals surface area contributed by atoms with E-state index in [4.69, 9.17) is 4.74 Å². The fourth-order valence-corrected chi connectivity index (χ4v) is 1.42. The summed E-state index contributed by atoms with van der Waals surface area (Å²) in [6, 6.07) is 9.04. The number of nitro groups is 1. The number of hydrogen-bond donors (Lipinski definition) is 0. The first-order valence-electron chi connectivity index (χ1n) is 4.63. The van der Waals surface area contributed by atoms with Gasteiger partial charge in [-0.1, -0.05) is 18.2 Å². The zero-order valence-corrected chi connectivity index (χ0v) is 8.00. The number of benzene rings is 1. The van der Waals surface area contributed by atoms with Gasteiger partial charge in [0.25, 0.3) is 0 Å². The third-order valence-electron chi connectivity index (χ3n) is 2.09. The predicted octanol–water partition coefficient (Wildman–Crippen LogP) is 1.11. The van der Waals surface area contributed by atoms with Crippen LogP contribution in [-0.2, 0) is 4.74 Å². The molecule has 0 bridgehead atoms. The Labute approximate surface area is 86.5 Å². The monoisotopic (exact) mass is 206 g/mol. The molecule has 5 heteroatoms. The minimum Gasteiger partial charge on any atom is -0.475 e. The smallest absolute Gasteiger partial charge is 0.229 e. The molecule has 1 aromatic rings. The lowest BCUT2D eigenvalue weighted by atomic mass is 10.2. The van der Waals surface area contributed by atoms with Gasteiger partial charge >= 0.3 is 0 Å². The van der Waals surface area contributed by atoms with Crippen molar-refractivity contribution in [2.75, 3.05) is 13.2 Å². The topological polar surface area (TPSA) is 64.7 Å². The number of rotatable bonds is 3. The Morgan fingerprint density at radius 2 is 2.20 bits per heavy atom. The summed E-state index contributed by atoms with van der Waals surface area (Å²) in [6.07, 6.45) is 0. The third-order valence-corrected chi connectivity index (χ3v) is 2.09. The lowest BCUT2D eigenvalue weighted by Gasteiger charge is -1.99. The molecule has 15 heavy (non-hydrogen) atoms. The summed E-state index contributed by atoms with van der Waals surface area (Å²) in [7, 11) is 0. The van der Waals surface area contributed by atoms with E-state index in [0.717, 1.165) is 5.56 Å². The van der Waals surface area contributed by atoms with E-state index in [9.17, 15) is 10.1 Å². The summed E-state index contributed by atoms with van der Waals surface area (Å²) in [6.45, 7) is 0.127. The zero-order chi connectivity index (χ0) is 10.7. The van der Waals surface area contributed by atoms with Crippen LogP contribution in [0.3, 0.4) is 0 Å². The minimum atomic E-state index is -0.370. The van der Waals surface area contributed by atoms with Crippen LogP contribution in [0.2, 0.25) is 0 Å². The highest BCUT2D eigenvalue weighted by molar-refractivity contribution is 5.95. The summed E-state index contributed by atoms with van der Waals surface area (Å²) in [5, 5.41) is 10.3. The second kappa shape index (κ2) is 4.08. The Kier molecular flexibility index (Phi) is 2.62. The number of aliphatic imine (C=N–C) groups is 1. The standard InChI is InChI=1S/C10H10N2O3/c13-12(14)6-9-7-15-10(11-9)8-4-2-1-3-5-8/h1-5,9H,6-7H2. The van der Waals surface area contributed by atoms with Gasteiger partial charge in [-0.05, 0) is 12.1 Å². The van der Waals surface area contributed by atoms with Crippen molar-refractivity contribution in [3.63, 3.8) is 0 Å². The van der Waals surface area contributed by atoms with Gasteiger partial charge in [0, 0.05) is 10.5 Å². The molecule has 1 aliphatic heterocycles. The summed E-state index contributed by atoms with van der Waals surface area (Å²) in [4.78, 5) is 14.1. The average Bonchev–Trinajstić information content (AvgIpc) is 2.67. The van der Waals surface area contributed by atoms with Crippen LogP contribution in [0, 0.1) is 10.1 Å². The molecule has 1 unspecified atom stereocenters. The summed E-state index contributed by atoms with van der Waals surface area (Å²) in [5.41, 5.74) is 0.864. The maximum atomic E-state index is 10.3. The quantitative estimate of drug-likeness (QED) is 0.549. The van der Waals surface area contributed by atoms with Crippen LogP contribution in [0.1, 0.15) is 5.56 Å². The molecule has 0 saturated heterocycles. The van der Waals surface area contributed by atoms with Crippen LogP contribution in [0.25, 0.3) is 0 Å². The van der Waals surface area contributed by atoms with E-state index in [1.165, 1.54) is 0 Å². The molecule has 1 aliphatic rings. The Bertz CT molecular complexity index is 389. The van der Waals surface area contributed by atoms with Crippen LogP contribution >= 0.6 is 0 Å². The molecule has 0 spiro atoms. The molecule has 0 fully saturated rings. The van der Waals surface area contributed by atoms with Gasteiger partial charge in [-0.25, -0.2) is 4.99 Å². The summed E-state index contributed by atoms with van der Waals surface area (Å²) < 4.78 is 5.30. The molecule has 1 heterocycles. The Hall–Kier alpha value is -1.91. The minimum absolute atomic E-state index is 0.170. The van der Waals surface area contributed by atoms with E-state index in [1.807, 2.05) is 30.3 Å². The van der Waals surface area contributed by atoms with Gasteiger partial charge < -0.3 is 4.74 Å². The highest BCUT2D eigenvalue weighted by Crippen LogP contribution is 2.11. The first kappa shape index (κ1) is 9.64. The van der Waals surface area contributed by atoms with Crippen molar-refractivity contribution in [1.29, 1.82) is 0 Å². The van der Waals surface area contributed by atoms with Crippen LogP contribution < -0.4 is 0 Å². The molecule has 78 valence electrons. The van der Waals surface area contributed by atoms with Gasteiger partial charge in [0.15, 0.2) is 6.04 Å². The fourth-order valence-electron chi connectivity index (χ4n) is 1.42. The second-order valence-corrected chi connectivity index (χ2v) is 3.28. The summed E-state index contributed by atoms with van der Waals surface area (Å²) >= 11 is 0. The van der Waals surface area contributed by atoms with E-state index in [-0.39, 0.29) is 17.5 Å². The van der Waals surface area contributed by atoms with E-state index in [1.54, 1.807) is 0 Å². The maximum Gasteiger partial charge on any atom is 0.229 e. The molecule has 0 aliphatic carbocycles. The second-order valence-electron chi connectivity index (χ2n) is 3.28. The molecular weight excluding hydrogens is 196 g/mol. The normalized spacial score (nSPS) is 19.5. The van der Waals surface area contributed by atoms with Gasteiger partial charge in [-0.2, -0.15) is 0 Å².